The minimum atomic E-state index is 0.504. The predicted octanol–water partition coefficient (Wildman–Crippen LogP) is 3.69. The molecule has 0 radical (unpaired) electrons. The van der Waals surface area contributed by atoms with Crippen LogP contribution in [0.25, 0.3) is 11.1 Å². The van der Waals surface area contributed by atoms with Crippen molar-refractivity contribution in [3.05, 3.63) is 40.2 Å². The summed E-state index contributed by atoms with van der Waals surface area (Å²) in [5, 5.41) is 5.34. The summed E-state index contributed by atoms with van der Waals surface area (Å²) in [5.74, 6) is 0. The summed E-state index contributed by atoms with van der Waals surface area (Å²) >= 11 is 6.13. The van der Waals surface area contributed by atoms with Crippen LogP contribution in [-0.2, 0) is 13.1 Å². The topological polar surface area (TPSA) is 43.8 Å². The normalized spacial score (nSPS) is 11.0. The van der Waals surface area contributed by atoms with Gasteiger partial charge in [-0.2, -0.15) is 5.10 Å². The van der Waals surface area contributed by atoms with Crippen LogP contribution in [0.1, 0.15) is 30.3 Å². The Bertz CT molecular complexity index is 587. The van der Waals surface area contributed by atoms with Crippen LogP contribution in [0, 0.1) is 13.8 Å². The van der Waals surface area contributed by atoms with E-state index in [9.17, 15) is 0 Å². The fourth-order valence-corrected chi connectivity index (χ4v) is 2.65. The number of hydrogen-bond donors (Lipinski definition) is 1. The molecule has 3 nitrogen and oxygen atoms in total. The first-order valence-corrected chi connectivity index (χ1v) is 6.99. The van der Waals surface area contributed by atoms with Crippen LogP contribution in [0.3, 0.4) is 0 Å². The van der Waals surface area contributed by atoms with E-state index in [0.717, 1.165) is 40.4 Å². The van der Waals surface area contributed by atoms with Crippen molar-refractivity contribution in [1.82, 2.24) is 9.78 Å². The van der Waals surface area contributed by atoms with E-state index < -0.39 is 0 Å². The predicted molar refractivity (Wildman–Crippen MR) is 80.3 cm³/mol. The highest BCUT2D eigenvalue weighted by Crippen LogP contribution is 2.32. The molecule has 0 unspecified atom stereocenters. The molecule has 0 saturated carbocycles. The quantitative estimate of drug-likeness (QED) is 0.926. The van der Waals surface area contributed by atoms with Crippen molar-refractivity contribution in [2.75, 3.05) is 0 Å². The molecule has 0 saturated heterocycles. The molecule has 0 aliphatic heterocycles. The van der Waals surface area contributed by atoms with Gasteiger partial charge in [0.1, 0.15) is 0 Å². The lowest BCUT2D eigenvalue weighted by Gasteiger charge is -2.09. The van der Waals surface area contributed by atoms with Gasteiger partial charge in [0.05, 0.1) is 5.69 Å². The largest absolute Gasteiger partial charge is 0.326 e. The molecule has 0 aliphatic carbocycles. The molecule has 0 aliphatic rings. The first kappa shape index (κ1) is 14.1. The van der Waals surface area contributed by atoms with Crippen LogP contribution in [0.5, 0.6) is 0 Å². The second kappa shape index (κ2) is 5.76. The number of rotatable bonds is 4. The van der Waals surface area contributed by atoms with E-state index in [1.165, 1.54) is 5.69 Å². The number of aryl methyl sites for hydroxylation is 2. The highest BCUT2D eigenvalue weighted by molar-refractivity contribution is 6.30. The van der Waals surface area contributed by atoms with E-state index in [4.69, 9.17) is 17.3 Å². The Hall–Kier alpha value is -1.32. The number of nitrogens with zero attached hydrogens (tertiary/aromatic N) is 2. The molecular weight excluding hydrogens is 258 g/mol. The highest BCUT2D eigenvalue weighted by Gasteiger charge is 2.16. The Kier molecular flexibility index (Phi) is 4.27. The maximum atomic E-state index is 6.13. The van der Waals surface area contributed by atoms with Crippen molar-refractivity contribution in [1.29, 1.82) is 0 Å². The van der Waals surface area contributed by atoms with Crippen molar-refractivity contribution in [2.45, 2.75) is 40.3 Å². The van der Waals surface area contributed by atoms with Crippen molar-refractivity contribution in [2.24, 2.45) is 5.73 Å². The minimum absolute atomic E-state index is 0.504. The van der Waals surface area contributed by atoms with Gasteiger partial charge >= 0.3 is 0 Å². The average Bonchev–Trinajstić information content (AvgIpc) is 2.65. The summed E-state index contributed by atoms with van der Waals surface area (Å²) in [6, 6.07) is 5.86. The van der Waals surface area contributed by atoms with Crippen LogP contribution in [0.15, 0.2) is 18.2 Å². The van der Waals surface area contributed by atoms with E-state index >= 15 is 0 Å². The van der Waals surface area contributed by atoms with Gasteiger partial charge in [-0.15, -0.1) is 0 Å². The zero-order valence-corrected chi connectivity index (χ0v) is 12.5. The summed E-state index contributed by atoms with van der Waals surface area (Å²) in [6.07, 6.45) is 1.07. The maximum absolute atomic E-state index is 6.13. The molecule has 1 aromatic carbocycles. The van der Waals surface area contributed by atoms with Gasteiger partial charge in [-0.25, -0.2) is 0 Å². The molecule has 2 aromatic rings. The molecule has 0 fully saturated rings. The molecule has 0 bridgehead atoms. The standard InChI is InChI=1S/C15H20ClN3/c1-4-7-19-11(3)15(10(2)18-19)14-8-13(16)6-5-12(14)9-17/h5-6,8H,4,7,9,17H2,1-3H3. The molecule has 2 N–H and O–H groups in total. The Balaban J connectivity index is 2.61. The molecule has 4 heteroatoms. The molecular formula is C15H20ClN3. The lowest BCUT2D eigenvalue weighted by molar-refractivity contribution is 0.583. The van der Waals surface area contributed by atoms with E-state index in [1.54, 1.807) is 0 Å². The van der Waals surface area contributed by atoms with E-state index in [1.807, 2.05) is 25.1 Å². The van der Waals surface area contributed by atoms with Gasteiger partial charge in [0.25, 0.3) is 0 Å². The van der Waals surface area contributed by atoms with Crippen molar-refractivity contribution < 1.29 is 0 Å². The van der Waals surface area contributed by atoms with E-state index in [0.29, 0.717) is 6.54 Å². The van der Waals surface area contributed by atoms with Crippen molar-refractivity contribution >= 4 is 11.6 Å². The number of nitrogens with two attached hydrogens (primary N) is 1. The average molecular weight is 278 g/mol. The van der Waals surface area contributed by atoms with Crippen LogP contribution >= 0.6 is 11.6 Å². The van der Waals surface area contributed by atoms with E-state index in [-0.39, 0.29) is 0 Å². The summed E-state index contributed by atoms with van der Waals surface area (Å²) in [6.45, 7) is 7.73. The van der Waals surface area contributed by atoms with Gasteiger partial charge in [0.2, 0.25) is 0 Å². The van der Waals surface area contributed by atoms with Crippen LogP contribution in [0.2, 0.25) is 5.02 Å². The molecule has 0 atom stereocenters. The van der Waals surface area contributed by atoms with Gasteiger partial charge in [-0.3, -0.25) is 4.68 Å². The fourth-order valence-electron chi connectivity index (χ4n) is 2.48. The first-order chi connectivity index (χ1) is 9.08. The Labute approximate surface area is 119 Å². The fraction of sp³-hybridized carbons (Fsp3) is 0.400. The van der Waals surface area contributed by atoms with Gasteiger partial charge in [0.15, 0.2) is 0 Å². The smallest absolute Gasteiger partial charge is 0.0675 e. The van der Waals surface area contributed by atoms with Gasteiger partial charge in [0, 0.05) is 29.4 Å². The molecule has 0 spiro atoms. The summed E-state index contributed by atoms with van der Waals surface area (Å²) in [7, 11) is 0. The number of hydrogen-bond acceptors (Lipinski definition) is 2. The Morgan fingerprint density at radius 2 is 2.05 bits per heavy atom. The zero-order chi connectivity index (χ0) is 14.0. The van der Waals surface area contributed by atoms with Gasteiger partial charge in [-0.05, 0) is 43.5 Å². The van der Waals surface area contributed by atoms with Gasteiger partial charge in [-0.1, -0.05) is 24.6 Å². The zero-order valence-electron chi connectivity index (χ0n) is 11.7. The Morgan fingerprint density at radius 1 is 1.32 bits per heavy atom. The maximum Gasteiger partial charge on any atom is 0.0675 e. The summed E-state index contributed by atoms with van der Waals surface area (Å²) in [4.78, 5) is 0. The van der Waals surface area contributed by atoms with E-state index in [2.05, 4.69) is 23.6 Å². The lowest BCUT2D eigenvalue weighted by atomic mass is 9.98. The molecule has 2 rings (SSSR count). The summed E-state index contributed by atoms with van der Waals surface area (Å²) in [5.41, 5.74) is 11.4. The number of halogens is 1. The monoisotopic (exact) mass is 277 g/mol. The molecule has 102 valence electrons. The summed E-state index contributed by atoms with van der Waals surface area (Å²) < 4.78 is 2.06. The molecule has 1 aromatic heterocycles. The minimum Gasteiger partial charge on any atom is -0.326 e. The molecule has 19 heavy (non-hydrogen) atoms. The third-order valence-electron chi connectivity index (χ3n) is 3.38. The number of aromatic nitrogens is 2. The molecule has 0 amide bonds. The van der Waals surface area contributed by atoms with Crippen molar-refractivity contribution in [3.63, 3.8) is 0 Å². The molecule has 1 heterocycles. The van der Waals surface area contributed by atoms with Gasteiger partial charge < -0.3 is 5.73 Å². The Morgan fingerprint density at radius 3 is 2.68 bits per heavy atom. The second-order valence-corrected chi connectivity index (χ2v) is 5.21. The van der Waals surface area contributed by atoms with Crippen LogP contribution in [-0.4, -0.2) is 9.78 Å². The second-order valence-electron chi connectivity index (χ2n) is 4.77. The van der Waals surface area contributed by atoms with Crippen LogP contribution in [0.4, 0.5) is 0 Å². The van der Waals surface area contributed by atoms with Crippen molar-refractivity contribution in [3.8, 4) is 11.1 Å². The third kappa shape index (κ3) is 2.67. The third-order valence-corrected chi connectivity index (χ3v) is 3.61. The lowest BCUT2D eigenvalue weighted by Crippen LogP contribution is -2.02. The SMILES string of the molecule is CCCn1nc(C)c(-c2cc(Cl)ccc2CN)c1C. The highest BCUT2D eigenvalue weighted by atomic mass is 35.5. The first-order valence-electron chi connectivity index (χ1n) is 6.61. The number of benzene rings is 1. The van der Waals surface area contributed by atoms with Crippen LogP contribution < -0.4 is 5.73 Å².